The molecule has 0 aliphatic carbocycles. The average Bonchev–Trinajstić information content (AvgIpc) is 3.59. The van der Waals surface area contributed by atoms with Crippen LogP contribution in [0.4, 0.5) is 0 Å². The number of pyridine rings is 1. The standard InChI is InChI=1S/C32H17NS2/c1-2-8-19-18(7-1)17-33-31(19)30-20(13-15-26-28(30)22-9-3-5-11-24(22)34-26)21-14-16-27-29(32(21)33)23-10-4-6-12-25(23)35-27/h1-17H. The fourth-order valence-electron chi connectivity index (χ4n) is 6.14. The maximum atomic E-state index is 2.50. The maximum Gasteiger partial charge on any atom is 0.0628 e. The van der Waals surface area contributed by atoms with E-state index in [-0.39, 0.29) is 0 Å². The van der Waals surface area contributed by atoms with E-state index in [1.807, 2.05) is 22.7 Å². The molecule has 0 amide bonds. The van der Waals surface area contributed by atoms with E-state index in [0.717, 1.165) is 0 Å². The third-order valence-corrected chi connectivity index (χ3v) is 9.82. The van der Waals surface area contributed by atoms with Gasteiger partial charge in [0.2, 0.25) is 0 Å². The molecule has 4 aromatic heterocycles. The van der Waals surface area contributed by atoms with Gasteiger partial charge in [-0.05, 0) is 29.7 Å². The van der Waals surface area contributed by atoms with Crippen molar-refractivity contribution in [1.82, 2.24) is 4.40 Å². The van der Waals surface area contributed by atoms with E-state index in [1.54, 1.807) is 0 Å². The molecule has 1 nitrogen and oxygen atoms in total. The largest absolute Gasteiger partial charge is 0.314 e. The minimum Gasteiger partial charge on any atom is -0.314 e. The molecule has 9 rings (SSSR count). The van der Waals surface area contributed by atoms with Crippen LogP contribution in [0.2, 0.25) is 0 Å². The highest BCUT2D eigenvalue weighted by molar-refractivity contribution is 7.26. The van der Waals surface area contributed by atoms with Crippen molar-refractivity contribution in [2.45, 2.75) is 0 Å². The van der Waals surface area contributed by atoms with Crippen molar-refractivity contribution in [3.8, 4) is 0 Å². The molecule has 0 bridgehead atoms. The highest BCUT2D eigenvalue weighted by Gasteiger charge is 2.20. The summed E-state index contributed by atoms with van der Waals surface area (Å²) >= 11 is 3.79. The number of fused-ring (bicyclic) bond motifs is 16. The Morgan fingerprint density at radius 2 is 0.971 bits per heavy atom. The summed E-state index contributed by atoms with van der Waals surface area (Å²) in [6.45, 7) is 0. The zero-order valence-electron chi connectivity index (χ0n) is 18.6. The van der Waals surface area contributed by atoms with E-state index in [0.29, 0.717) is 0 Å². The van der Waals surface area contributed by atoms with Crippen LogP contribution in [0.5, 0.6) is 0 Å². The zero-order valence-corrected chi connectivity index (χ0v) is 20.2. The minimum absolute atomic E-state index is 1.29. The van der Waals surface area contributed by atoms with Gasteiger partial charge in [0.25, 0.3) is 0 Å². The molecule has 35 heavy (non-hydrogen) atoms. The fourth-order valence-corrected chi connectivity index (χ4v) is 8.37. The molecular formula is C32H17NS2. The Kier molecular flexibility index (Phi) is 3.36. The molecule has 162 valence electrons. The first-order valence-electron chi connectivity index (χ1n) is 11.9. The van der Waals surface area contributed by atoms with Crippen LogP contribution < -0.4 is 0 Å². The number of nitrogens with zero attached hydrogens (tertiary/aromatic N) is 1. The van der Waals surface area contributed by atoms with Crippen molar-refractivity contribution in [2.75, 3.05) is 0 Å². The lowest BCUT2D eigenvalue weighted by Gasteiger charge is -2.12. The minimum atomic E-state index is 1.29. The Morgan fingerprint density at radius 1 is 0.400 bits per heavy atom. The van der Waals surface area contributed by atoms with Crippen LogP contribution in [0.1, 0.15) is 0 Å². The van der Waals surface area contributed by atoms with Gasteiger partial charge in [0.15, 0.2) is 0 Å². The molecule has 0 atom stereocenters. The Balaban J connectivity index is 1.70. The number of hydrogen-bond donors (Lipinski definition) is 0. The monoisotopic (exact) mass is 479 g/mol. The molecule has 0 unspecified atom stereocenters. The van der Waals surface area contributed by atoms with Gasteiger partial charge in [0, 0.05) is 68.1 Å². The summed E-state index contributed by atoms with van der Waals surface area (Å²) in [6.07, 6.45) is 2.35. The van der Waals surface area contributed by atoms with Gasteiger partial charge in [0.05, 0.1) is 11.0 Å². The number of thiophene rings is 2. The average molecular weight is 480 g/mol. The molecule has 4 heterocycles. The van der Waals surface area contributed by atoms with E-state index in [9.17, 15) is 0 Å². The molecule has 0 aliphatic heterocycles. The quantitative estimate of drug-likeness (QED) is 0.191. The molecule has 0 spiro atoms. The van der Waals surface area contributed by atoms with Gasteiger partial charge in [-0.15, -0.1) is 22.7 Å². The van der Waals surface area contributed by atoms with Crippen LogP contribution in [0.3, 0.4) is 0 Å². The third-order valence-electron chi connectivity index (χ3n) is 7.55. The second kappa shape index (κ2) is 6.39. The van der Waals surface area contributed by atoms with Gasteiger partial charge >= 0.3 is 0 Å². The second-order valence-electron chi connectivity index (χ2n) is 9.33. The normalized spacial score (nSPS) is 12.6. The Labute approximate surface area is 208 Å². The Hall–Kier alpha value is -3.92. The lowest BCUT2D eigenvalue weighted by atomic mass is 9.97. The van der Waals surface area contributed by atoms with E-state index >= 15 is 0 Å². The predicted molar refractivity (Wildman–Crippen MR) is 156 cm³/mol. The summed E-state index contributed by atoms with van der Waals surface area (Å²) in [4.78, 5) is 0. The highest BCUT2D eigenvalue weighted by Crippen LogP contribution is 2.47. The van der Waals surface area contributed by atoms with Gasteiger partial charge in [0.1, 0.15) is 0 Å². The number of rotatable bonds is 0. The summed E-state index contributed by atoms with van der Waals surface area (Å²) < 4.78 is 7.89. The van der Waals surface area contributed by atoms with Crippen LogP contribution in [0.25, 0.3) is 78.3 Å². The number of hydrogen-bond acceptors (Lipinski definition) is 2. The molecule has 5 aromatic carbocycles. The van der Waals surface area contributed by atoms with Crippen LogP contribution in [0, 0.1) is 0 Å². The Bertz CT molecular complexity index is 2330. The van der Waals surface area contributed by atoms with E-state index in [2.05, 4.69) is 108 Å². The van der Waals surface area contributed by atoms with E-state index < -0.39 is 0 Å². The summed E-state index contributed by atoms with van der Waals surface area (Å²) in [5.74, 6) is 0. The number of benzene rings is 5. The molecule has 0 saturated heterocycles. The van der Waals surface area contributed by atoms with Crippen molar-refractivity contribution in [3.05, 3.63) is 103 Å². The third kappa shape index (κ3) is 2.23. The van der Waals surface area contributed by atoms with E-state index in [4.69, 9.17) is 0 Å². The summed E-state index contributed by atoms with van der Waals surface area (Å²) in [7, 11) is 0. The van der Waals surface area contributed by atoms with Crippen molar-refractivity contribution in [3.63, 3.8) is 0 Å². The molecule has 3 heteroatoms. The van der Waals surface area contributed by atoms with Crippen LogP contribution >= 0.6 is 22.7 Å². The van der Waals surface area contributed by atoms with Crippen LogP contribution in [0.15, 0.2) is 103 Å². The molecule has 0 N–H and O–H groups in total. The first kappa shape index (κ1) is 18.4. The van der Waals surface area contributed by atoms with Gasteiger partial charge in [-0.25, -0.2) is 0 Å². The first-order valence-corrected chi connectivity index (χ1v) is 13.5. The zero-order chi connectivity index (χ0) is 22.7. The molecule has 0 saturated carbocycles. The summed E-state index contributed by atoms with van der Waals surface area (Å²) in [5.41, 5.74) is 2.64. The highest BCUT2D eigenvalue weighted by atomic mass is 32.1. The van der Waals surface area contributed by atoms with Gasteiger partial charge in [-0.3, -0.25) is 0 Å². The first-order chi connectivity index (χ1) is 17.4. The molecular weight excluding hydrogens is 462 g/mol. The maximum absolute atomic E-state index is 2.50. The topological polar surface area (TPSA) is 4.41 Å². The molecule has 9 aromatic rings. The second-order valence-corrected chi connectivity index (χ2v) is 11.5. The van der Waals surface area contributed by atoms with Gasteiger partial charge in [-0.2, -0.15) is 0 Å². The molecule has 0 aliphatic rings. The van der Waals surface area contributed by atoms with Crippen LogP contribution in [-0.2, 0) is 0 Å². The van der Waals surface area contributed by atoms with Crippen molar-refractivity contribution in [2.24, 2.45) is 0 Å². The van der Waals surface area contributed by atoms with Gasteiger partial charge < -0.3 is 4.40 Å². The summed E-state index contributed by atoms with van der Waals surface area (Å²) in [6, 6.07) is 35.9. The lowest BCUT2D eigenvalue weighted by Crippen LogP contribution is -1.91. The summed E-state index contributed by atoms with van der Waals surface area (Å²) in [5, 5.41) is 12.1. The van der Waals surface area contributed by atoms with Crippen molar-refractivity contribution >= 4 is 101 Å². The van der Waals surface area contributed by atoms with Gasteiger partial charge in [-0.1, -0.05) is 72.8 Å². The lowest BCUT2D eigenvalue weighted by molar-refractivity contribution is 1.31. The molecule has 0 fully saturated rings. The van der Waals surface area contributed by atoms with Crippen molar-refractivity contribution < 1.29 is 0 Å². The number of aromatic nitrogens is 1. The fraction of sp³-hybridized carbons (Fsp3) is 0. The molecule has 0 radical (unpaired) electrons. The van der Waals surface area contributed by atoms with Crippen LogP contribution in [-0.4, -0.2) is 4.40 Å². The SMILES string of the molecule is c1ccc2c(c1)cn1c3c(ccc4sc5ccccc5c43)c3ccc4sc5ccccc5c4c3c21. The van der Waals surface area contributed by atoms with Crippen molar-refractivity contribution in [1.29, 1.82) is 0 Å². The predicted octanol–water partition coefficient (Wildman–Crippen LogP) is 10.1. The smallest absolute Gasteiger partial charge is 0.0628 e. The van der Waals surface area contributed by atoms with E-state index in [1.165, 1.54) is 78.3 Å². The Morgan fingerprint density at radius 3 is 1.74 bits per heavy atom.